The molecule has 1 aromatic heterocycles. The molecule has 0 aliphatic carbocycles. The van der Waals surface area contributed by atoms with E-state index in [1.807, 2.05) is 13.8 Å². The number of benzene rings is 1. The van der Waals surface area contributed by atoms with Crippen molar-refractivity contribution in [2.75, 3.05) is 5.32 Å². The van der Waals surface area contributed by atoms with Crippen LogP contribution in [0.5, 0.6) is 11.6 Å². The number of carbonyl (C=O) groups excluding carboxylic acids is 1. The minimum atomic E-state index is -0.865. The van der Waals surface area contributed by atoms with Crippen molar-refractivity contribution < 1.29 is 9.53 Å². The van der Waals surface area contributed by atoms with Gasteiger partial charge in [-0.3, -0.25) is 9.89 Å². The average Bonchev–Trinajstić information content (AvgIpc) is 2.86. The number of carbonyl (C=O) groups is 1. The number of hydrogen-bond donors (Lipinski definition) is 3. The van der Waals surface area contributed by atoms with Crippen molar-refractivity contribution in [1.82, 2.24) is 10.2 Å². The van der Waals surface area contributed by atoms with Crippen molar-refractivity contribution in [2.45, 2.75) is 39.2 Å². The topological polar surface area (TPSA) is 93.0 Å². The highest BCUT2D eigenvalue weighted by Crippen LogP contribution is 2.22. The van der Waals surface area contributed by atoms with Gasteiger partial charge in [-0.05, 0) is 44.5 Å². The van der Waals surface area contributed by atoms with E-state index in [4.69, 9.17) is 10.5 Å². The van der Waals surface area contributed by atoms with Crippen LogP contribution in [0, 0.1) is 6.92 Å². The van der Waals surface area contributed by atoms with E-state index in [2.05, 4.69) is 15.5 Å². The zero-order valence-electron chi connectivity index (χ0n) is 13.6. The van der Waals surface area contributed by atoms with E-state index in [-0.39, 0.29) is 18.3 Å². The molecule has 0 bridgehead atoms. The molecule has 4 N–H and O–H groups in total. The van der Waals surface area contributed by atoms with Crippen LogP contribution in [0.4, 0.5) is 5.69 Å². The second-order valence-corrected chi connectivity index (χ2v) is 5.64. The molecule has 0 radical (unpaired) electrons. The van der Waals surface area contributed by atoms with Gasteiger partial charge in [-0.1, -0.05) is 13.3 Å². The van der Waals surface area contributed by atoms with Gasteiger partial charge in [0.2, 0.25) is 11.8 Å². The second kappa shape index (κ2) is 7.99. The van der Waals surface area contributed by atoms with Crippen molar-refractivity contribution in [3.63, 3.8) is 0 Å². The lowest BCUT2D eigenvalue weighted by Gasteiger charge is -2.22. The van der Waals surface area contributed by atoms with E-state index < -0.39 is 5.54 Å². The third-order valence-electron chi connectivity index (χ3n) is 3.31. The Labute approximate surface area is 142 Å². The Hall–Kier alpha value is -2.05. The van der Waals surface area contributed by atoms with E-state index in [0.29, 0.717) is 23.7 Å². The summed E-state index contributed by atoms with van der Waals surface area (Å²) in [5.74, 6) is 0.964. The minimum absolute atomic E-state index is 0. The number of nitrogens with one attached hydrogen (secondary N) is 2. The van der Waals surface area contributed by atoms with Gasteiger partial charge < -0.3 is 15.8 Å². The molecule has 126 valence electrons. The zero-order valence-corrected chi connectivity index (χ0v) is 14.4. The van der Waals surface area contributed by atoms with Crippen LogP contribution in [0.25, 0.3) is 0 Å². The van der Waals surface area contributed by atoms with Gasteiger partial charge >= 0.3 is 0 Å². The first-order chi connectivity index (χ1) is 10.4. The summed E-state index contributed by atoms with van der Waals surface area (Å²) in [6.07, 6.45) is 1.49. The van der Waals surface area contributed by atoms with Crippen LogP contribution in [-0.4, -0.2) is 21.6 Å². The number of halogens is 1. The highest BCUT2D eigenvalue weighted by Gasteiger charge is 2.27. The molecule has 1 amide bonds. The highest BCUT2D eigenvalue weighted by molar-refractivity contribution is 5.97. The number of hydrogen-bond acceptors (Lipinski definition) is 4. The van der Waals surface area contributed by atoms with Gasteiger partial charge in [0.1, 0.15) is 5.75 Å². The Balaban J connectivity index is 0.00000264. The summed E-state index contributed by atoms with van der Waals surface area (Å²) in [5.41, 5.74) is 6.75. The molecule has 0 saturated heterocycles. The normalized spacial score (nSPS) is 12.9. The SMILES string of the molecule is CCCC(C)(N)C(=O)Nc1ccc(Oc2cc(C)[nH]n2)cc1.Cl. The van der Waals surface area contributed by atoms with Crippen LogP contribution in [0.3, 0.4) is 0 Å². The van der Waals surface area contributed by atoms with Gasteiger partial charge in [0.05, 0.1) is 5.54 Å². The first-order valence-electron chi connectivity index (χ1n) is 7.31. The highest BCUT2D eigenvalue weighted by atomic mass is 35.5. The lowest BCUT2D eigenvalue weighted by atomic mass is 9.96. The van der Waals surface area contributed by atoms with Crippen LogP contribution in [0.1, 0.15) is 32.4 Å². The van der Waals surface area contributed by atoms with Gasteiger partial charge in [0, 0.05) is 17.4 Å². The number of amides is 1. The lowest BCUT2D eigenvalue weighted by molar-refractivity contribution is -0.120. The Morgan fingerprint density at radius 2 is 2.04 bits per heavy atom. The minimum Gasteiger partial charge on any atom is -0.438 e. The second-order valence-electron chi connectivity index (χ2n) is 5.64. The molecular formula is C16H23ClN4O2. The lowest BCUT2D eigenvalue weighted by Crippen LogP contribution is -2.48. The molecule has 23 heavy (non-hydrogen) atoms. The molecule has 0 aliphatic rings. The van der Waals surface area contributed by atoms with Crippen LogP contribution in [0.2, 0.25) is 0 Å². The maximum atomic E-state index is 12.1. The van der Waals surface area contributed by atoms with E-state index in [9.17, 15) is 4.79 Å². The summed E-state index contributed by atoms with van der Waals surface area (Å²) < 4.78 is 5.59. The molecule has 0 saturated carbocycles. The first-order valence-corrected chi connectivity index (χ1v) is 7.31. The van der Waals surface area contributed by atoms with E-state index in [0.717, 1.165) is 12.1 Å². The molecule has 1 atom stereocenters. The van der Waals surface area contributed by atoms with Crippen LogP contribution < -0.4 is 15.8 Å². The van der Waals surface area contributed by atoms with E-state index >= 15 is 0 Å². The number of nitrogens with zero attached hydrogens (tertiary/aromatic N) is 1. The Kier molecular flexibility index (Phi) is 6.60. The fraction of sp³-hybridized carbons (Fsp3) is 0.375. The van der Waals surface area contributed by atoms with Crippen LogP contribution in [-0.2, 0) is 4.79 Å². The van der Waals surface area contributed by atoms with Crippen molar-refractivity contribution >= 4 is 24.0 Å². The summed E-state index contributed by atoms with van der Waals surface area (Å²) in [5, 5.41) is 9.63. The van der Waals surface area contributed by atoms with Crippen molar-refractivity contribution in [3.8, 4) is 11.6 Å². The molecule has 1 aromatic carbocycles. The zero-order chi connectivity index (χ0) is 16.2. The summed E-state index contributed by atoms with van der Waals surface area (Å²) in [7, 11) is 0. The largest absolute Gasteiger partial charge is 0.438 e. The number of aryl methyl sites for hydroxylation is 1. The van der Waals surface area contributed by atoms with Crippen LogP contribution >= 0.6 is 12.4 Å². The first kappa shape index (κ1) is 19.0. The van der Waals surface area contributed by atoms with Crippen molar-refractivity contribution in [2.24, 2.45) is 5.73 Å². The maximum absolute atomic E-state index is 12.1. The van der Waals surface area contributed by atoms with Gasteiger partial charge in [-0.2, -0.15) is 0 Å². The number of nitrogens with two attached hydrogens (primary N) is 1. The number of ether oxygens (including phenoxy) is 1. The summed E-state index contributed by atoms with van der Waals surface area (Å²) >= 11 is 0. The number of rotatable bonds is 6. The van der Waals surface area contributed by atoms with Gasteiger partial charge in [0.15, 0.2) is 0 Å². The summed E-state index contributed by atoms with van der Waals surface area (Å²) in [6, 6.07) is 8.89. The average molecular weight is 339 g/mol. The quantitative estimate of drug-likeness (QED) is 0.752. The smallest absolute Gasteiger partial charge is 0.244 e. The predicted octanol–water partition coefficient (Wildman–Crippen LogP) is 3.39. The fourth-order valence-electron chi connectivity index (χ4n) is 2.08. The molecule has 0 fully saturated rings. The standard InChI is InChI=1S/C16H22N4O2.ClH/c1-4-9-16(3,17)15(21)18-12-5-7-13(8-6-12)22-14-10-11(2)19-20-14;/h5-8,10H,4,9,17H2,1-3H3,(H,18,21)(H,19,20);1H. The van der Waals surface area contributed by atoms with Crippen LogP contribution in [0.15, 0.2) is 30.3 Å². The Morgan fingerprint density at radius 1 is 1.39 bits per heavy atom. The molecule has 0 spiro atoms. The third-order valence-corrected chi connectivity index (χ3v) is 3.31. The van der Waals surface area contributed by atoms with Gasteiger partial charge in [0.25, 0.3) is 0 Å². The number of aromatic nitrogens is 2. The van der Waals surface area contributed by atoms with E-state index in [1.54, 1.807) is 37.3 Å². The van der Waals surface area contributed by atoms with Crippen molar-refractivity contribution in [1.29, 1.82) is 0 Å². The Bertz CT molecular complexity index is 638. The fourth-order valence-corrected chi connectivity index (χ4v) is 2.08. The molecule has 6 nitrogen and oxygen atoms in total. The third kappa shape index (κ3) is 5.26. The monoisotopic (exact) mass is 338 g/mol. The molecule has 1 unspecified atom stereocenters. The summed E-state index contributed by atoms with van der Waals surface area (Å²) in [4.78, 5) is 12.1. The van der Waals surface area contributed by atoms with Gasteiger partial charge in [-0.15, -0.1) is 17.5 Å². The number of anilines is 1. The maximum Gasteiger partial charge on any atom is 0.244 e. The Morgan fingerprint density at radius 3 is 2.57 bits per heavy atom. The van der Waals surface area contributed by atoms with Crippen molar-refractivity contribution in [3.05, 3.63) is 36.0 Å². The molecule has 7 heteroatoms. The molecule has 1 heterocycles. The summed E-state index contributed by atoms with van der Waals surface area (Å²) in [6.45, 7) is 5.64. The molecule has 2 rings (SSSR count). The molecule has 0 aliphatic heterocycles. The number of aromatic amines is 1. The molecular weight excluding hydrogens is 316 g/mol. The predicted molar refractivity (Wildman–Crippen MR) is 93.2 cm³/mol. The van der Waals surface area contributed by atoms with E-state index in [1.165, 1.54) is 0 Å². The van der Waals surface area contributed by atoms with Gasteiger partial charge in [-0.25, -0.2) is 0 Å². The molecule has 2 aromatic rings. The number of H-pyrrole nitrogens is 1.